The van der Waals surface area contributed by atoms with Crippen LogP contribution >= 0.6 is 11.3 Å². The summed E-state index contributed by atoms with van der Waals surface area (Å²) in [5.74, 6) is -0.294. The molecule has 1 aromatic rings. The number of hydrogen-bond donors (Lipinski definition) is 0. The van der Waals surface area contributed by atoms with Gasteiger partial charge < -0.3 is 9.64 Å². The molecule has 0 saturated carbocycles. The lowest BCUT2D eigenvalue weighted by Crippen LogP contribution is -2.41. The summed E-state index contributed by atoms with van der Waals surface area (Å²) in [5, 5.41) is 3.91. The van der Waals surface area contributed by atoms with Crippen molar-refractivity contribution >= 4 is 23.2 Å². The predicted molar refractivity (Wildman–Crippen MR) is 64.8 cm³/mol. The number of carbonyl (C=O) groups is 2. The van der Waals surface area contributed by atoms with Gasteiger partial charge in [0.15, 0.2) is 0 Å². The molecule has 0 bridgehead atoms. The molecule has 0 radical (unpaired) electrons. The van der Waals surface area contributed by atoms with Gasteiger partial charge in [0, 0.05) is 6.54 Å². The molecule has 1 aliphatic rings. The molecule has 0 aliphatic carbocycles. The van der Waals surface area contributed by atoms with Crippen LogP contribution in [0.2, 0.25) is 0 Å². The van der Waals surface area contributed by atoms with Crippen molar-refractivity contribution in [2.24, 2.45) is 0 Å². The van der Waals surface area contributed by atoms with E-state index in [4.69, 9.17) is 4.74 Å². The van der Waals surface area contributed by atoms with Gasteiger partial charge in [0.1, 0.15) is 6.04 Å². The number of nitrogens with zero attached hydrogens (tertiary/aromatic N) is 1. The number of thiophene rings is 1. The lowest BCUT2D eigenvalue weighted by Gasteiger charge is -2.22. The summed E-state index contributed by atoms with van der Waals surface area (Å²) < 4.78 is 4.72. The smallest absolute Gasteiger partial charge is 0.328 e. The van der Waals surface area contributed by atoms with E-state index in [1.165, 1.54) is 7.11 Å². The molecule has 1 aromatic heterocycles. The van der Waals surface area contributed by atoms with Crippen LogP contribution in [-0.2, 0) is 20.7 Å². The first-order chi connectivity index (χ1) is 8.22. The number of likely N-dealkylation sites (tertiary alicyclic amines) is 1. The molecule has 1 amide bonds. The van der Waals surface area contributed by atoms with Gasteiger partial charge in [-0.2, -0.15) is 11.3 Å². The van der Waals surface area contributed by atoms with E-state index in [9.17, 15) is 9.59 Å². The minimum atomic E-state index is -0.383. The Morgan fingerprint density at radius 2 is 2.41 bits per heavy atom. The second-order valence-electron chi connectivity index (χ2n) is 4.08. The van der Waals surface area contributed by atoms with Gasteiger partial charge in [-0.1, -0.05) is 0 Å². The molecule has 0 N–H and O–H groups in total. The van der Waals surface area contributed by atoms with Crippen LogP contribution < -0.4 is 0 Å². The van der Waals surface area contributed by atoms with E-state index in [0.29, 0.717) is 19.4 Å². The molecule has 1 aliphatic heterocycles. The molecule has 0 unspecified atom stereocenters. The van der Waals surface area contributed by atoms with Crippen LogP contribution in [0.5, 0.6) is 0 Å². The molecule has 0 spiro atoms. The Labute approximate surface area is 104 Å². The van der Waals surface area contributed by atoms with Crippen molar-refractivity contribution in [3.05, 3.63) is 22.4 Å². The SMILES string of the molecule is COC(=O)[C@@H]1CCCN1C(=O)Cc1ccsc1. The first-order valence-electron chi connectivity index (χ1n) is 5.60. The third-order valence-electron chi connectivity index (χ3n) is 2.98. The van der Waals surface area contributed by atoms with Gasteiger partial charge in [-0.15, -0.1) is 0 Å². The molecule has 0 aromatic carbocycles. The number of ether oxygens (including phenoxy) is 1. The van der Waals surface area contributed by atoms with E-state index in [0.717, 1.165) is 12.0 Å². The van der Waals surface area contributed by atoms with E-state index in [1.807, 2.05) is 16.8 Å². The zero-order valence-corrected chi connectivity index (χ0v) is 10.5. The van der Waals surface area contributed by atoms with Crippen molar-refractivity contribution in [1.82, 2.24) is 4.90 Å². The quantitative estimate of drug-likeness (QED) is 0.766. The first-order valence-corrected chi connectivity index (χ1v) is 6.55. The van der Waals surface area contributed by atoms with Gasteiger partial charge in [0.2, 0.25) is 5.91 Å². The fourth-order valence-corrected chi connectivity index (χ4v) is 2.78. The Morgan fingerprint density at radius 1 is 1.59 bits per heavy atom. The predicted octanol–water partition coefficient (Wildman–Crippen LogP) is 1.45. The average Bonchev–Trinajstić information content (AvgIpc) is 2.97. The molecular weight excluding hydrogens is 238 g/mol. The highest BCUT2D eigenvalue weighted by Gasteiger charge is 2.34. The third kappa shape index (κ3) is 2.66. The van der Waals surface area contributed by atoms with Crippen molar-refractivity contribution in [2.75, 3.05) is 13.7 Å². The summed E-state index contributed by atoms with van der Waals surface area (Å²) >= 11 is 1.57. The molecule has 2 heterocycles. The Balaban J connectivity index is 2.01. The van der Waals surface area contributed by atoms with Gasteiger partial charge in [-0.3, -0.25) is 4.79 Å². The highest BCUT2D eigenvalue weighted by atomic mass is 32.1. The van der Waals surface area contributed by atoms with Gasteiger partial charge in [0.25, 0.3) is 0 Å². The van der Waals surface area contributed by atoms with Crippen molar-refractivity contribution in [1.29, 1.82) is 0 Å². The van der Waals surface area contributed by atoms with Crippen molar-refractivity contribution in [2.45, 2.75) is 25.3 Å². The largest absolute Gasteiger partial charge is 0.467 e. The molecule has 5 heteroatoms. The monoisotopic (exact) mass is 253 g/mol. The number of amides is 1. The maximum absolute atomic E-state index is 12.1. The van der Waals surface area contributed by atoms with Crippen LogP contribution in [0.3, 0.4) is 0 Å². The zero-order chi connectivity index (χ0) is 12.3. The lowest BCUT2D eigenvalue weighted by molar-refractivity contribution is -0.150. The van der Waals surface area contributed by atoms with Crippen LogP contribution in [0.4, 0.5) is 0 Å². The minimum Gasteiger partial charge on any atom is -0.467 e. The van der Waals surface area contributed by atoms with Gasteiger partial charge in [0.05, 0.1) is 13.5 Å². The van der Waals surface area contributed by atoms with E-state index in [-0.39, 0.29) is 17.9 Å². The number of carbonyl (C=O) groups excluding carboxylic acids is 2. The standard InChI is InChI=1S/C12H15NO3S/c1-16-12(15)10-3-2-5-13(10)11(14)7-9-4-6-17-8-9/h4,6,8,10H,2-3,5,7H2,1H3/t10-/m0/s1. The van der Waals surface area contributed by atoms with E-state index in [2.05, 4.69) is 0 Å². The highest BCUT2D eigenvalue weighted by Crippen LogP contribution is 2.20. The van der Waals surface area contributed by atoms with Crippen LogP contribution in [0.25, 0.3) is 0 Å². The van der Waals surface area contributed by atoms with Gasteiger partial charge in [-0.05, 0) is 35.2 Å². The van der Waals surface area contributed by atoms with E-state index < -0.39 is 0 Å². The topological polar surface area (TPSA) is 46.6 Å². The second-order valence-corrected chi connectivity index (χ2v) is 4.86. The molecule has 92 valence electrons. The molecule has 4 nitrogen and oxygen atoms in total. The summed E-state index contributed by atoms with van der Waals surface area (Å²) in [4.78, 5) is 25.2. The summed E-state index contributed by atoms with van der Waals surface area (Å²) in [6, 6.07) is 1.55. The summed E-state index contributed by atoms with van der Waals surface area (Å²) in [7, 11) is 1.36. The van der Waals surface area contributed by atoms with Gasteiger partial charge >= 0.3 is 5.97 Å². The Kier molecular flexibility index (Phi) is 3.78. The van der Waals surface area contributed by atoms with E-state index >= 15 is 0 Å². The van der Waals surface area contributed by atoms with Crippen LogP contribution in [0.15, 0.2) is 16.8 Å². The highest BCUT2D eigenvalue weighted by molar-refractivity contribution is 7.07. The Morgan fingerprint density at radius 3 is 3.06 bits per heavy atom. The lowest BCUT2D eigenvalue weighted by atomic mass is 10.2. The first kappa shape index (κ1) is 12.1. The maximum Gasteiger partial charge on any atom is 0.328 e. The summed E-state index contributed by atoms with van der Waals surface area (Å²) in [6.45, 7) is 0.655. The second kappa shape index (κ2) is 5.31. The zero-order valence-electron chi connectivity index (χ0n) is 9.72. The van der Waals surface area contributed by atoms with Crippen LogP contribution in [-0.4, -0.2) is 36.5 Å². The maximum atomic E-state index is 12.1. The number of esters is 1. The third-order valence-corrected chi connectivity index (χ3v) is 3.71. The molecule has 1 atom stereocenters. The fraction of sp³-hybridized carbons (Fsp3) is 0.500. The Hall–Kier alpha value is -1.36. The number of methoxy groups -OCH3 is 1. The Bertz CT molecular complexity index is 402. The number of hydrogen-bond acceptors (Lipinski definition) is 4. The molecule has 1 fully saturated rings. The number of rotatable bonds is 3. The molecule has 2 rings (SSSR count). The van der Waals surface area contributed by atoms with Gasteiger partial charge in [-0.25, -0.2) is 4.79 Å². The summed E-state index contributed by atoms with van der Waals surface area (Å²) in [6.07, 6.45) is 1.95. The molecule has 17 heavy (non-hydrogen) atoms. The van der Waals surface area contributed by atoms with Crippen LogP contribution in [0, 0.1) is 0 Å². The molecule has 1 saturated heterocycles. The normalized spacial score (nSPS) is 19.4. The van der Waals surface area contributed by atoms with Crippen molar-refractivity contribution in [3.63, 3.8) is 0 Å². The van der Waals surface area contributed by atoms with Crippen molar-refractivity contribution in [3.8, 4) is 0 Å². The van der Waals surface area contributed by atoms with E-state index in [1.54, 1.807) is 16.2 Å². The van der Waals surface area contributed by atoms with Crippen molar-refractivity contribution < 1.29 is 14.3 Å². The molecular formula is C12H15NO3S. The van der Waals surface area contributed by atoms with Crippen LogP contribution in [0.1, 0.15) is 18.4 Å². The average molecular weight is 253 g/mol. The summed E-state index contributed by atoms with van der Waals surface area (Å²) in [5.41, 5.74) is 1.01. The fourth-order valence-electron chi connectivity index (χ4n) is 2.12. The minimum absolute atomic E-state index is 0.0105.